The van der Waals surface area contributed by atoms with Crippen LogP contribution < -0.4 is 0 Å². The molecule has 7 nitrogen and oxygen atoms in total. The number of hydrogen-bond donors (Lipinski definition) is 0. The highest BCUT2D eigenvalue weighted by atomic mass is 32.1. The predicted molar refractivity (Wildman–Crippen MR) is 101 cm³/mol. The zero-order valence-corrected chi connectivity index (χ0v) is 16.2. The van der Waals surface area contributed by atoms with Crippen molar-refractivity contribution in [1.82, 2.24) is 14.7 Å². The van der Waals surface area contributed by atoms with Gasteiger partial charge in [0.25, 0.3) is 0 Å². The van der Waals surface area contributed by atoms with Crippen LogP contribution in [-0.4, -0.2) is 58.6 Å². The summed E-state index contributed by atoms with van der Waals surface area (Å²) in [6.07, 6.45) is 7.01. The minimum atomic E-state index is -0.921. The van der Waals surface area contributed by atoms with Crippen molar-refractivity contribution in [1.29, 1.82) is 0 Å². The average molecular weight is 389 g/mol. The smallest absolute Gasteiger partial charge is 0.334 e. The number of rotatable bonds is 7. The number of imide groups is 2. The Hall–Kier alpha value is -2.48. The number of nitrogens with zero attached hydrogens (tertiary/aromatic N) is 3. The molecule has 0 spiro atoms. The maximum atomic E-state index is 12.5. The van der Waals surface area contributed by atoms with Crippen LogP contribution in [0.2, 0.25) is 0 Å². The van der Waals surface area contributed by atoms with Crippen LogP contribution in [0.25, 0.3) is 0 Å². The lowest BCUT2D eigenvalue weighted by atomic mass is 9.97. The number of carbonyl (C=O) groups excluding carboxylic acids is 4. The minimum Gasteiger partial charge on any atom is -0.340 e. The molecule has 27 heavy (non-hydrogen) atoms. The fraction of sp³-hybridized carbons (Fsp3) is 0.474. The molecule has 1 aromatic heterocycles. The third kappa shape index (κ3) is 4.44. The third-order valence-corrected chi connectivity index (χ3v) is 5.63. The van der Waals surface area contributed by atoms with Crippen LogP contribution in [0, 0.1) is 0 Å². The first-order valence-electron chi connectivity index (χ1n) is 9.07. The summed E-state index contributed by atoms with van der Waals surface area (Å²) in [5.74, 6) is -2.15. The molecule has 144 valence electrons. The molecule has 0 radical (unpaired) electrons. The van der Waals surface area contributed by atoms with Gasteiger partial charge in [0.2, 0.25) is 5.91 Å². The Labute approximate surface area is 162 Å². The molecule has 0 N–H and O–H groups in total. The van der Waals surface area contributed by atoms with E-state index in [2.05, 4.69) is 6.08 Å². The van der Waals surface area contributed by atoms with Crippen LogP contribution in [0.1, 0.15) is 37.7 Å². The summed E-state index contributed by atoms with van der Waals surface area (Å²) >= 11 is 1.53. The Bertz CT molecular complexity index is 772. The van der Waals surface area contributed by atoms with E-state index in [1.807, 2.05) is 16.8 Å². The zero-order valence-electron chi connectivity index (χ0n) is 15.3. The molecule has 2 heterocycles. The number of likely N-dealkylation sites (N-methyl/N-ethyl adjacent to an activating group) is 1. The number of urea groups is 1. The van der Waals surface area contributed by atoms with Gasteiger partial charge >= 0.3 is 17.8 Å². The molecule has 5 amide bonds. The molecule has 2 aliphatic rings. The van der Waals surface area contributed by atoms with Crippen LogP contribution in [-0.2, 0) is 20.9 Å². The topological polar surface area (TPSA) is 78.0 Å². The molecule has 1 aliphatic carbocycles. The third-order valence-electron chi connectivity index (χ3n) is 4.90. The van der Waals surface area contributed by atoms with Crippen LogP contribution >= 0.6 is 11.3 Å². The predicted octanol–water partition coefficient (Wildman–Crippen LogP) is 2.39. The van der Waals surface area contributed by atoms with Gasteiger partial charge in [0.15, 0.2) is 0 Å². The maximum Gasteiger partial charge on any atom is 0.334 e. The molecule has 1 saturated heterocycles. The van der Waals surface area contributed by atoms with Gasteiger partial charge in [-0.3, -0.25) is 19.3 Å². The Balaban J connectivity index is 1.58. The van der Waals surface area contributed by atoms with Crippen LogP contribution in [0.3, 0.4) is 0 Å². The summed E-state index contributed by atoms with van der Waals surface area (Å²) in [7, 11) is 1.61. The number of hydrogen-bond acceptors (Lipinski definition) is 5. The van der Waals surface area contributed by atoms with Crippen molar-refractivity contribution < 1.29 is 19.2 Å². The lowest BCUT2D eigenvalue weighted by molar-refractivity contribution is -0.144. The van der Waals surface area contributed by atoms with Crippen LogP contribution in [0.4, 0.5) is 4.79 Å². The monoisotopic (exact) mass is 389 g/mol. The van der Waals surface area contributed by atoms with Crippen molar-refractivity contribution >= 4 is 35.1 Å². The summed E-state index contributed by atoms with van der Waals surface area (Å²) in [6, 6.07) is 1.21. The number of amides is 5. The van der Waals surface area contributed by atoms with Gasteiger partial charge in [0.1, 0.15) is 6.54 Å². The van der Waals surface area contributed by atoms with Gasteiger partial charge in [-0.25, -0.2) is 9.69 Å². The molecular formula is C19H23N3O4S. The fourth-order valence-corrected chi connectivity index (χ4v) is 3.93. The zero-order chi connectivity index (χ0) is 19.4. The summed E-state index contributed by atoms with van der Waals surface area (Å²) in [5, 5.41) is 3.85. The van der Waals surface area contributed by atoms with E-state index in [9.17, 15) is 19.2 Å². The highest BCUT2D eigenvalue weighted by Crippen LogP contribution is 2.22. The molecule has 1 fully saturated rings. The van der Waals surface area contributed by atoms with E-state index in [4.69, 9.17) is 0 Å². The van der Waals surface area contributed by atoms with Gasteiger partial charge in [-0.1, -0.05) is 11.6 Å². The van der Waals surface area contributed by atoms with E-state index < -0.39 is 24.4 Å². The molecular weight excluding hydrogens is 366 g/mol. The molecule has 0 saturated carbocycles. The first kappa shape index (κ1) is 19.3. The SMILES string of the molecule is CN(Cc1ccsc1)C(=O)CN1C(=O)C(=O)N(CCC2=CCCCC2)C1=O. The molecule has 8 heteroatoms. The molecule has 0 bridgehead atoms. The molecule has 0 atom stereocenters. The van der Waals surface area contributed by atoms with Gasteiger partial charge in [0.05, 0.1) is 0 Å². The highest BCUT2D eigenvalue weighted by molar-refractivity contribution is 7.07. The quantitative estimate of drug-likeness (QED) is 0.408. The van der Waals surface area contributed by atoms with Gasteiger partial charge in [-0.2, -0.15) is 11.3 Å². The van der Waals surface area contributed by atoms with Crippen molar-refractivity contribution in [2.45, 2.75) is 38.6 Å². The van der Waals surface area contributed by atoms with E-state index >= 15 is 0 Å². The Morgan fingerprint density at radius 3 is 2.63 bits per heavy atom. The van der Waals surface area contributed by atoms with E-state index in [0.717, 1.165) is 34.6 Å². The Morgan fingerprint density at radius 2 is 1.96 bits per heavy atom. The minimum absolute atomic E-state index is 0.185. The lowest BCUT2D eigenvalue weighted by Crippen LogP contribution is -2.42. The van der Waals surface area contributed by atoms with Crippen molar-refractivity contribution in [3.8, 4) is 0 Å². The van der Waals surface area contributed by atoms with Gasteiger partial charge in [-0.05, 0) is 54.5 Å². The maximum absolute atomic E-state index is 12.5. The van der Waals surface area contributed by atoms with Gasteiger partial charge < -0.3 is 4.90 Å². The molecule has 1 aliphatic heterocycles. The van der Waals surface area contributed by atoms with E-state index in [0.29, 0.717) is 13.0 Å². The molecule has 1 aromatic rings. The summed E-state index contributed by atoms with van der Waals surface area (Å²) < 4.78 is 0. The molecule has 3 rings (SSSR count). The van der Waals surface area contributed by atoms with Crippen LogP contribution in [0.15, 0.2) is 28.5 Å². The molecule has 0 aromatic carbocycles. The first-order chi connectivity index (χ1) is 13.0. The summed E-state index contributed by atoms with van der Waals surface area (Å²) in [6.45, 7) is 0.165. The standard InChI is InChI=1S/C19H23N3O4S/c1-20(11-15-8-10-27-13-15)16(23)12-22-18(25)17(24)21(19(22)26)9-7-14-5-3-2-4-6-14/h5,8,10,13H,2-4,6-7,9,11-12H2,1H3. The Kier molecular flexibility index (Phi) is 6.05. The van der Waals surface area contributed by atoms with Crippen molar-refractivity contribution in [2.24, 2.45) is 0 Å². The largest absolute Gasteiger partial charge is 0.340 e. The summed E-state index contributed by atoms with van der Waals surface area (Å²) in [4.78, 5) is 52.4. The highest BCUT2D eigenvalue weighted by Gasteiger charge is 2.45. The Morgan fingerprint density at radius 1 is 1.19 bits per heavy atom. The van der Waals surface area contributed by atoms with Crippen molar-refractivity contribution in [3.05, 3.63) is 34.0 Å². The lowest BCUT2D eigenvalue weighted by Gasteiger charge is -2.20. The second-order valence-electron chi connectivity index (χ2n) is 6.87. The number of carbonyl (C=O) groups is 4. The normalized spacial score (nSPS) is 17.5. The second kappa shape index (κ2) is 8.47. The van der Waals surface area contributed by atoms with Gasteiger partial charge in [-0.15, -0.1) is 0 Å². The summed E-state index contributed by atoms with van der Waals surface area (Å²) in [5.41, 5.74) is 2.20. The fourth-order valence-electron chi connectivity index (χ4n) is 3.27. The van der Waals surface area contributed by atoms with E-state index in [1.54, 1.807) is 7.05 Å². The van der Waals surface area contributed by atoms with E-state index in [-0.39, 0.29) is 12.5 Å². The first-order valence-corrected chi connectivity index (χ1v) is 10.0. The second-order valence-corrected chi connectivity index (χ2v) is 7.65. The number of thiophene rings is 1. The van der Waals surface area contributed by atoms with E-state index in [1.165, 1.54) is 28.2 Å². The number of allylic oxidation sites excluding steroid dienone is 1. The van der Waals surface area contributed by atoms with Crippen molar-refractivity contribution in [3.63, 3.8) is 0 Å². The van der Waals surface area contributed by atoms with Crippen molar-refractivity contribution in [2.75, 3.05) is 20.1 Å². The van der Waals surface area contributed by atoms with Gasteiger partial charge in [0, 0.05) is 20.1 Å². The van der Waals surface area contributed by atoms with Crippen LogP contribution in [0.5, 0.6) is 0 Å². The molecule has 0 unspecified atom stereocenters. The average Bonchev–Trinajstić information content (AvgIpc) is 3.24.